The van der Waals surface area contributed by atoms with Crippen LogP contribution in [-0.2, 0) is 33.8 Å². The Bertz CT molecular complexity index is 2840. The third-order valence-corrected chi connectivity index (χ3v) is 12.5. The number of hydrogen-bond donors (Lipinski definition) is 4. The number of sulfonamides is 1. The van der Waals surface area contributed by atoms with Crippen LogP contribution >= 0.6 is 18.9 Å². The lowest BCUT2D eigenvalue weighted by molar-refractivity contribution is -0.134. The maximum absolute atomic E-state index is 14.0. The van der Waals surface area contributed by atoms with Crippen molar-refractivity contribution < 1.29 is 84.0 Å². The predicted molar refractivity (Wildman–Crippen MR) is 232 cm³/mol. The van der Waals surface area contributed by atoms with Crippen molar-refractivity contribution in [2.45, 2.75) is 31.9 Å². The van der Waals surface area contributed by atoms with E-state index in [1.54, 1.807) is 6.07 Å². The third-order valence-electron chi connectivity index (χ3n) is 8.31. The van der Waals surface area contributed by atoms with Gasteiger partial charge in [-0.2, -0.15) is 9.98 Å². The molecule has 1 atom stereocenters. The van der Waals surface area contributed by atoms with Gasteiger partial charge in [0.15, 0.2) is 34.5 Å². The Kier molecular flexibility index (Phi) is 16.7. The normalized spacial score (nSPS) is 11.8. The molecule has 0 saturated carbocycles. The first kappa shape index (κ1) is 50.6. The lowest BCUT2D eigenvalue weighted by Gasteiger charge is -2.15. The smallest absolute Gasteiger partial charge is 0.391 e. The van der Waals surface area contributed by atoms with E-state index in [1.165, 1.54) is 54.6 Å². The molecule has 67 heavy (non-hydrogen) atoms. The summed E-state index contributed by atoms with van der Waals surface area (Å²) in [7, 11) is -9.24. The average molecular weight is 985 g/mol. The molecular weight excluding hydrogens is 947 g/mol. The van der Waals surface area contributed by atoms with Crippen molar-refractivity contribution in [1.29, 1.82) is 5.26 Å². The van der Waals surface area contributed by atoms with Crippen molar-refractivity contribution in [1.82, 2.24) is 15.4 Å². The van der Waals surface area contributed by atoms with Gasteiger partial charge in [-0.25, -0.2) is 17.4 Å². The number of nitriles is 1. The first-order valence-electron chi connectivity index (χ1n) is 19.2. The van der Waals surface area contributed by atoms with Crippen molar-refractivity contribution in [2.75, 3.05) is 32.6 Å². The van der Waals surface area contributed by atoms with Crippen molar-refractivity contribution in [3.05, 3.63) is 95.3 Å². The molecule has 2 amide bonds. The van der Waals surface area contributed by atoms with Crippen LogP contribution in [0.2, 0.25) is 0 Å². The fraction of sp³-hybridized carbons (Fsp3) is 0.214. The topological polar surface area (TPSA) is 298 Å². The largest absolute Gasteiger partial charge is 0.488 e. The molecule has 0 fully saturated rings. The van der Waals surface area contributed by atoms with Crippen LogP contribution in [0.25, 0.3) is 10.1 Å². The molecule has 1 heterocycles. The summed E-state index contributed by atoms with van der Waals surface area (Å²) in [6.07, 6.45) is -1.12. The Morgan fingerprint density at radius 1 is 0.687 bits per heavy atom. The van der Waals surface area contributed by atoms with Gasteiger partial charge in [-0.3, -0.25) is 28.8 Å². The molecular formula is C42H38FN4O17PS2. The van der Waals surface area contributed by atoms with E-state index in [-0.39, 0.29) is 81.7 Å². The highest BCUT2D eigenvalue weighted by Gasteiger charge is 2.28. The summed E-state index contributed by atoms with van der Waals surface area (Å²) in [6.45, 7) is 3.93. The van der Waals surface area contributed by atoms with Crippen LogP contribution in [0.3, 0.4) is 0 Å². The summed E-state index contributed by atoms with van der Waals surface area (Å²) in [5.41, 5.74) is -0.269. The number of fused-ring (bicyclic) bond motifs is 1. The van der Waals surface area contributed by atoms with Gasteiger partial charge in [0.1, 0.15) is 41.3 Å². The molecule has 4 aromatic carbocycles. The molecule has 21 nitrogen and oxygen atoms in total. The minimum Gasteiger partial charge on any atom is -0.488 e. The number of nitrogens with zero attached hydrogens (tertiary/aromatic N) is 1. The van der Waals surface area contributed by atoms with Crippen molar-refractivity contribution in [3.8, 4) is 46.3 Å². The van der Waals surface area contributed by atoms with E-state index in [1.807, 2.05) is 4.72 Å². The Morgan fingerprint density at radius 2 is 1.18 bits per heavy atom. The number of esters is 4. The Hall–Kier alpha value is -7.42. The summed E-state index contributed by atoms with van der Waals surface area (Å²) in [5, 5.41) is 14.5. The highest BCUT2D eigenvalue weighted by atomic mass is 32.2. The third kappa shape index (κ3) is 14.5. The monoisotopic (exact) mass is 984 g/mol. The highest BCUT2D eigenvalue weighted by Crippen LogP contribution is 2.43. The zero-order chi connectivity index (χ0) is 49.1. The maximum Gasteiger partial charge on any atom is 0.391 e. The fourth-order valence-electron chi connectivity index (χ4n) is 5.56. The fourth-order valence-corrected chi connectivity index (χ4v) is 9.51. The molecule has 0 bridgehead atoms. The molecule has 25 heteroatoms. The molecule has 4 N–H and O–H groups in total. The Labute approximate surface area is 384 Å². The molecule has 0 aliphatic rings. The van der Waals surface area contributed by atoms with E-state index in [2.05, 4.69) is 10.6 Å². The molecule has 0 radical (unpaired) electrons. The summed E-state index contributed by atoms with van der Waals surface area (Å²) in [4.78, 5) is 82.6. The van der Waals surface area contributed by atoms with E-state index >= 15 is 0 Å². The molecule has 5 rings (SSSR count). The molecule has 5 aromatic rings. The van der Waals surface area contributed by atoms with Gasteiger partial charge in [-0.05, 0) is 66.0 Å². The van der Waals surface area contributed by atoms with Gasteiger partial charge in [0.2, 0.25) is 0 Å². The van der Waals surface area contributed by atoms with Gasteiger partial charge in [0.25, 0.3) is 21.8 Å². The zero-order valence-electron chi connectivity index (χ0n) is 35.5. The molecule has 0 spiro atoms. The first-order valence-corrected chi connectivity index (χ1v) is 23.3. The first-order chi connectivity index (χ1) is 31.6. The highest BCUT2D eigenvalue weighted by molar-refractivity contribution is 7.92. The van der Waals surface area contributed by atoms with Crippen LogP contribution in [0, 0.1) is 17.1 Å². The number of amides is 2. The molecule has 0 aliphatic heterocycles. The number of ether oxygens (including phenoxy) is 6. The summed E-state index contributed by atoms with van der Waals surface area (Å²) < 4.78 is 92.6. The minimum atomic E-state index is -4.75. The van der Waals surface area contributed by atoms with E-state index in [0.29, 0.717) is 16.2 Å². The average Bonchev–Trinajstić information content (AvgIpc) is 3.67. The van der Waals surface area contributed by atoms with Crippen LogP contribution in [0.4, 0.5) is 4.39 Å². The second-order valence-electron chi connectivity index (χ2n) is 13.6. The lowest BCUT2D eigenvalue weighted by Crippen LogP contribution is -2.29. The van der Waals surface area contributed by atoms with Crippen molar-refractivity contribution in [2.24, 2.45) is 0 Å². The van der Waals surface area contributed by atoms with Crippen LogP contribution in [0.15, 0.2) is 77.0 Å². The second-order valence-corrected chi connectivity index (χ2v) is 18.4. The van der Waals surface area contributed by atoms with Gasteiger partial charge in [-0.15, -0.1) is 11.3 Å². The number of hydrogen-bond acceptors (Lipinski definition) is 18. The summed E-state index contributed by atoms with van der Waals surface area (Å²) in [6, 6.07) is 16.1. The maximum atomic E-state index is 14.0. The molecule has 0 saturated heterocycles. The number of halogens is 1. The van der Waals surface area contributed by atoms with Crippen molar-refractivity contribution >= 4 is 74.7 Å². The quantitative estimate of drug-likeness (QED) is 0.0355. The molecule has 1 unspecified atom stereocenters. The Morgan fingerprint density at radius 3 is 1.66 bits per heavy atom. The minimum absolute atomic E-state index is 0.0375. The SMILES string of the molecule is CC(=O)Oc1ccc(C(=O)NCCOc2cc3cc(S(=O)(=O)NCP(=O)(O)Oc4ccc(C#N)c(F)c4)sc3cc2OCCNC(=O)c2ccc(OC(C)=O)c(OC(C)=O)c2)cc1OC(C)=O. The van der Waals surface area contributed by atoms with Crippen LogP contribution in [0.5, 0.6) is 40.2 Å². The lowest BCUT2D eigenvalue weighted by atomic mass is 10.2. The predicted octanol–water partition coefficient (Wildman–Crippen LogP) is 4.73. The molecule has 352 valence electrons. The van der Waals surface area contributed by atoms with E-state index in [4.69, 9.17) is 38.2 Å². The van der Waals surface area contributed by atoms with Gasteiger partial charge < -0.3 is 48.5 Å². The summed E-state index contributed by atoms with van der Waals surface area (Å²) >= 11 is 0.747. The van der Waals surface area contributed by atoms with Gasteiger partial charge >= 0.3 is 31.5 Å². The number of carbonyl (C=O) groups is 6. The Balaban J connectivity index is 1.31. The molecule has 0 aliphatic carbocycles. The van der Waals surface area contributed by atoms with Gasteiger partial charge in [0.05, 0.1) is 18.7 Å². The number of rotatable bonds is 20. The number of benzene rings is 4. The van der Waals surface area contributed by atoms with Crippen molar-refractivity contribution in [3.63, 3.8) is 0 Å². The number of carbonyl (C=O) groups excluding carboxylic acids is 6. The standard InChI is InChI=1S/C42H38FN4O17PS2/c1-23(48)60-33-9-6-27(15-37(33)62-25(3)50)41(52)45-11-13-58-35-17-30-18-40(67(56,57)47-22-65(54,55)64-31-8-5-29(21-44)32(43)19-31)66-39(30)20-36(35)59-14-12-46-42(53)28-7-10-34(61-24(2)49)38(16-28)63-26(4)51/h5-10,15-20,47H,11-14,22H2,1-4H3,(H,45,52)(H,46,53)(H,54,55). The number of nitrogens with one attached hydrogen (secondary N) is 3. The van der Waals surface area contributed by atoms with E-state index in [9.17, 15) is 51.0 Å². The van der Waals surface area contributed by atoms with Crippen LogP contribution in [0.1, 0.15) is 54.0 Å². The van der Waals surface area contributed by atoms with E-state index in [0.717, 1.165) is 51.2 Å². The van der Waals surface area contributed by atoms with Gasteiger partial charge in [-0.1, -0.05) is 0 Å². The van der Waals surface area contributed by atoms with Gasteiger partial charge in [0, 0.05) is 55.7 Å². The van der Waals surface area contributed by atoms with Crippen LogP contribution in [-0.4, -0.2) is 81.6 Å². The number of thiophene rings is 1. The zero-order valence-corrected chi connectivity index (χ0v) is 38.1. The summed E-state index contributed by atoms with van der Waals surface area (Å²) in [5.74, 6) is -5.94. The van der Waals surface area contributed by atoms with E-state index < -0.39 is 71.2 Å². The van der Waals surface area contributed by atoms with Crippen LogP contribution < -0.4 is 48.3 Å². The second kappa shape index (κ2) is 22.2. The molecule has 1 aromatic heterocycles.